The summed E-state index contributed by atoms with van der Waals surface area (Å²) < 4.78 is 55.8. The molecule has 7 aromatic rings. The van der Waals surface area contributed by atoms with Gasteiger partial charge in [-0.25, -0.2) is 0 Å². The van der Waals surface area contributed by atoms with Crippen LogP contribution in [0.3, 0.4) is 0 Å². The zero-order chi connectivity index (χ0) is 40.7. The molecule has 3 heterocycles. The van der Waals surface area contributed by atoms with Crippen LogP contribution in [0.25, 0.3) is 50.0 Å². The van der Waals surface area contributed by atoms with Gasteiger partial charge in [0.05, 0.1) is 22.2 Å². The van der Waals surface area contributed by atoms with Gasteiger partial charge in [-0.05, 0) is 69.2 Å². The number of hydrogen-bond donors (Lipinski definition) is 0. The predicted octanol–water partition coefficient (Wildman–Crippen LogP) is 10.7. The number of hydrogen-bond acceptors (Lipinski definition) is 3. The van der Waals surface area contributed by atoms with Crippen LogP contribution in [0, 0.1) is 36.6 Å². The number of para-hydroxylation sites is 2. The van der Waals surface area contributed by atoms with Crippen LogP contribution in [0.4, 0.5) is 0 Å². The smallest absolute Gasteiger partial charge is 0.499 e. The SMILES string of the molecule is [2H]C([2H])([2H])[n+]1[c-]n(-c2[c-]cccc2)cc1.[2H]C([2H])([2H])c1cnc(-c2[c-]ccc3c2oc2c(C#N)cccc23)cc1-c1c(C(C)C)cc(C(C)(C)C)cc1C(C)C.[Ir+3]. The van der Waals surface area contributed by atoms with Crippen molar-refractivity contribution in [3.63, 3.8) is 0 Å². The van der Waals surface area contributed by atoms with Gasteiger partial charge in [0.2, 0.25) is 6.33 Å². The first-order valence-electron chi connectivity index (χ1n) is 19.7. The van der Waals surface area contributed by atoms with Crippen LogP contribution in [0.1, 0.15) is 96.3 Å². The molecule has 0 fully saturated rings. The third kappa shape index (κ3) is 7.61. The van der Waals surface area contributed by atoms with E-state index in [9.17, 15) is 5.26 Å². The molecule has 258 valence electrons. The number of benzene rings is 4. The summed E-state index contributed by atoms with van der Waals surface area (Å²) in [6.45, 7) is 10.7. The van der Waals surface area contributed by atoms with Crippen molar-refractivity contribution in [3.05, 3.63) is 138 Å². The van der Waals surface area contributed by atoms with E-state index in [2.05, 4.69) is 90.1 Å². The summed E-state index contributed by atoms with van der Waals surface area (Å²) in [5, 5.41) is 11.3. The Morgan fingerprint density at radius 3 is 2.27 bits per heavy atom. The molecule has 6 heteroatoms. The molecule has 0 bridgehead atoms. The molecule has 51 heavy (non-hydrogen) atoms. The molecule has 0 radical (unpaired) electrons. The summed E-state index contributed by atoms with van der Waals surface area (Å²) in [7, 11) is 0. The number of nitrogens with zero attached hydrogens (tertiary/aromatic N) is 4. The zero-order valence-corrected chi connectivity index (χ0v) is 32.2. The second-order valence-corrected chi connectivity index (χ2v) is 14.1. The third-order valence-electron chi connectivity index (χ3n) is 8.85. The van der Waals surface area contributed by atoms with Crippen LogP contribution in [0.15, 0.2) is 95.8 Å². The van der Waals surface area contributed by atoms with Crippen molar-refractivity contribution >= 4 is 21.9 Å². The standard InChI is InChI=1S/C35H35N2O.C10H9N2.Ir/c1-20(2)28-15-24(35(6,7)8)16-29(21(3)4)32(28)30-17-31(37-19-22(30)5)27-14-10-13-26-25-12-9-11-23(18-36)33(25)38-34(26)27;1-11-7-8-12(9-11)10-5-3-2-4-6-10;/h9-13,15-17,19-21H,1-8H3;2-5,7-8H,1H3;/q2*-1;+3/i5D3;1D3;. The molecule has 0 saturated carbocycles. The molecule has 5 nitrogen and oxygen atoms in total. The monoisotopic (exact) mass is 855 g/mol. The Morgan fingerprint density at radius 2 is 1.67 bits per heavy atom. The van der Waals surface area contributed by atoms with Crippen molar-refractivity contribution in [1.29, 1.82) is 5.26 Å². The van der Waals surface area contributed by atoms with Crippen LogP contribution < -0.4 is 4.57 Å². The van der Waals surface area contributed by atoms with Gasteiger partial charge in [-0.15, -0.1) is 18.2 Å². The molecular weight excluding hydrogens is 805 g/mol. The first kappa shape index (κ1) is 29.9. The van der Waals surface area contributed by atoms with Crippen molar-refractivity contribution in [2.24, 2.45) is 6.98 Å². The Hall–Kier alpha value is -4.82. The molecule has 3 aromatic heterocycles. The number of imidazole rings is 1. The molecular formula is C45H44IrN4O+. The quantitative estimate of drug-likeness (QED) is 0.128. The van der Waals surface area contributed by atoms with Crippen LogP contribution in [0.2, 0.25) is 0 Å². The average molecular weight is 855 g/mol. The van der Waals surface area contributed by atoms with Crippen LogP contribution in [-0.2, 0) is 32.5 Å². The second kappa shape index (κ2) is 15.2. The van der Waals surface area contributed by atoms with Gasteiger partial charge in [-0.1, -0.05) is 95.4 Å². The van der Waals surface area contributed by atoms with E-state index in [1.165, 1.54) is 18.0 Å². The summed E-state index contributed by atoms with van der Waals surface area (Å²) in [6.07, 6.45) is 7.30. The van der Waals surface area contributed by atoms with Crippen LogP contribution in [-0.4, -0.2) is 9.55 Å². The fourth-order valence-electron chi connectivity index (χ4n) is 6.17. The van der Waals surface area contributed by atoms with Crippen molar-refractivity contribution in [1.82, 2.24) is 9.55 Å². The fraction of sp³-hybridized carbons (Fsp3) is 0.267. The van der Waals surface area contributed by atoms with Gasteiger partial charge in [0.15, 0.2) is 0 Å². The van der Waals surface area contributed by atoms with E-state index in [0.717, 1.165) is 37.7 Å². The van der Waals surface area contributed by atoms with Crippen molar-refractivity contribution < 1.29 is 37.3 Å². The Kier molecular flexibility index (Phi) is 8.90. The first-order valence-corrected chi connectivity index (χ1v) is 16.7. The summed E-state index contributed by atoms with van der Waals surface area (Å²) >= 11 is 0. The van der Waals surface area contributed by atoms with Gasteiger partial charge in [-0.2, -0.15) is 35.6 Å². The maximum atomic E-state index is 9.64. The zero-order valence-electron chi connectivity index (χ0n) is 35.8. The molecule has 0 atom stereocenters. The molecule has 0 spiro atoms. The van der Waals surface area contributed by atoms with Gasteiger partial charge in [0.25, 0.3) is 0 Å². The first-order chi connectivity index (χ1) is 26.3. The van der Waals surface area contributed by atoms with Crippen molar-refractivity contribution in [2.45, 2.75) is 72.6 Å². The van der Waals surface area contributed by atoms with E-state index in [-0.39, 0.29) is 42.9 Å². The molecule has 4 aromatic carbocycles. The molecule has 0 amide bonds. The average Bonchev–Trinajstić information content (AvgIpc) is 3.80. The van der Waals surface area contributed by atoms with Gasteiger partial charge in [-0.3, -0.25) is 0 Å². The number of furan rings is 1. The Morgan fingerprint density at radius 1 is 0.922 bits per heavy atom. The van der Waals surface area contributed by atoms with E-state index in [1.54, 1.807) is 22.9 Å². The largest absolute Gasteiger partial charge is 3.00 e. The topological polar surface area (TPSA) is 58.6 Å². The minimum atomic E-state index is -2.36. The number of fused-ring (bicyclic) bond motifs is 3. The van der Waals surface area contributed by atoms with Crippen LogP contribution >= 0.6 is 0 Å². The molecule has 0 N–H and O–H groups in total. The van der Waals surface area contributed by atoms with Gasteiger partial charge >= 0.3 is 20.1 Å². The van der Waals surface area contributed by atoms with Gasteiger partial charge in [0.1, 0.15) is 11.7 Å². The second-order valence-electron chi connectivity index (χ2n) is 14.1. The third-order valence-corrected chi connectivity index (χ3v) is 8.85. The van der Waals surface area contributed by atoms with Gasteiger partial charge < -0.3 is 18.5 Å². The number of aryl methyl sites for hydroxylation is 2. The summed E-state index contributed by atoms with van der Waals surface area (Å²) in [5.41, 5.74) is 8.75. The number of pyridine rings is 1. The van der Waals surface area contributed by atoms with E-state index >= 15 is 0 Å². The molecule has 0 aliphatic carbocycles. The van der Waals surface area contributed by atoms with Crippen LogP contribution in [0.5, 0.6) is 0 Å². The Labute approximate surface area is 324 Å². The van der Waals surface area contributed by atoms with E-state index in [0.29, 0.717) is 33.6 Å². The predicted molar refractivity (Wildman–Crippen MR) is 202 cm³/mol. The molecule has 0 aliphatic rings. The Balaban J connectivity index is 0.000000325. The maximum Gasteiger partial charge on any atom is 3.00 e. The normalized spacial score (nSPS) is 13.6. The molecule has 0 saturated heterocycles. The number of nitriles is 1. The fourth-order valence-corrected chi connectivity index (χ4v) is 6.17. The van der Waals surface area contributed by atoms with E-state index in [4.69, 9.17) is 12.6 Å². The maximum absolute atomic E-state index is 9.64. The van der Waals surface area contributed by atoms with Gasteiger partial charge in [0, 0.05) is 28.1 Å². The van der Waals surface area contributed by atoms with E-state index < -0.39 is 13.8 Å². The number of aromatic nitrogens is 3. The summed E-state index contributed by atoms with van der Waals surface area (Å²) in [6, 6.07) is 31.4. The molecule has 0 unspecified atom stereocenters. The minimum absolute atomic E-state index is 0. The van der Waals surface area contributed by atoms with E-state index in [1.807, 2.05) is 48.5 Å². The summed E-state index contributed by atoms with van der Waals surface area (Å²) in [4.78, 5) is 4.65. The Bertz CT molecular complexity index is 2540. The molecule has 7 rings (SSSR count). The number of rotatable bonds is 5. The minimum Gasteiger partial charge on any atom is -0.499 e. The van der Waals surface area contributed by atoms with Crippen molar-refractivity contribution in [2.75, 3.05) is 0 Å². The molecule has 0 aliphatic heterocycles. The summed E-state index contributed by atoms with van der Waals surface area (Å²) in [5.74, 6) is 0.335. The van der Waals surface area contributed by atoms with Crippen molar-refractivity contribution in [3.8, 4) is 34.1 Å².